The Balaban J connectivity index is 2.06. The molecule has 1 unspecified atom stereocenters. The lowest BCUT2D eigenvalue weighted by molar-refractivity contribution is 0.0381. The van der Waals surface area contributed by atoms with E-state index in [-0.39, 0.29) is 5.60 Å². The van der Waals surface area contributed by atoms with E-state index < -0.39 is 0 Å². The maximum Gasteiger partial charge on any atom is 0.124 e. The van der Waals surface area contributed by atoms with Crippen molar-refractivity contribution in [2.75, 3.05) is 0 Å². The fourth-order valence-corrected chi connectivity index (χ4v) is 3.41. The van der Waals surface area contributed by atoms with E-state index in [9.17, 15) is 5.11 Å². The first-order chi connectivity index (χ1) is 10.9. The first-order valence-corrected chi connectivity index (χ1v) is 9.08. The number of allylic oxidation sites excluding steroid dienone is 2. The number of rotatable bonds is 7. The summed E-state index contributed by atoms with van der Waals surface area (Å²) in [7, 11) is 0. The van der Waals surface area contributed by atoms with Gasteiger partial charge in [0.1, 0.15) is 17.1 Å². The maximum atomic E-state index is 10.0. The van der Waals surface area contributed by atoms with Crippen LogP contribution in [0.15, 0.2) is 29.8 Å². The van der Waals surface area contributed by atoms with E-state index in [1.54, 1.807) is 6.07 Å². The lowest BCUT2D eigenvalue weighted by Gasteiger charge is -2.36. The molecule has 0 amide bonds. The molecule has 1 atom stereocenters. The fraction of sp³-hybridized carbons (Fsp3) is 0.619. The van der Waals surface area contributed by atoms with Crippen molar-refractivity contribution in [1.82, 2.24) is 0 Å². The van der Waals surface area contributed by atoms with Crippen LogP contribution in [0.3, 0.4) is 0 Å². The Morgan fingerprint density at radius 2 is 2.00 bits per heavy atom. The quantitative estimate of drug-likeness (QED) is 0.491. The van der Waals surface area contributed by atoms with Crippen LogP contribution in [0, 0.1) is 5.92 Å². The summed E-state index contributed by atoms with van der Waals surface area (Å²) in [5.74, 6) is 1.63. The van der Waals surface area contributed by atoms with Gasteiger partial charge in [0.05, 0.1) is 0 Å². The summed E-state index contributed by atoms with van der Waals surface area (Å²) in [6.07, 6.45) is 10.4. The van der Waals surface area contributed by atoms with Crippen LogP contribution in [0.1, 0.15) is 71.8 Å². The Morgan fingerprint density at radius 3 is 2.65 bits per heavy atom. The van der Waals surface area contributed by atoms with Crippen molar-refractivity contribution < 1.29 is 9.84 Å². The number of aryl methyl sites for hydroxylation is 1. The molecule has 2 rings (SSSR count). The summed E-state index contributed by atoms with van der Waals surface area (Å²) >= 11 is 0. The predicted octanol–water partition coefficient (Wildman–Crippen LogP) is 6.03. The second-order valence-corrected chi connectivity index (χ2v) is 7.52. The topological polar surface area (TPSA) is 29.5 Å². The minimum Gasteiger partial charge on any atom is -0.508 e. The van der Waals surface area contributed by atoms with Gasteiger partial charge < -0.3 is 9.84 Å². The van der Waals surface area contributed by atoms with Crippen LogP contribution in [0.2, 0.25) is 0 Å². The molecule has 0 heterocycles. The van der Waals surface area contributed by atoms with Gasteiger partial charge in [-0.05, 0) is 70.6 Å². The van der Waals surface area contributed by atoms with E-state index in [0.29, 0.717) is 11.7 Å². The second kappa shape index (κ2) is 7.90. The van der Waals surface area contributed by atoms with Crippen LogP contribution in [-0.2, 0) is 6.42 Å². The predicted molar refractivity (Wildman–Crippen MR) is 97.1 cm³/mol. The van der Waals surface area contributed by atoms with Gasteiger partial charge in [-0.2, -0.15) is 0 Å². The van der Waals surface area contributed by atoms with Gasteiger partial charge in [-0.3, -0.25) is 0 Å². The van der Waals surface area contributed by atoms with E-state index in [4.69, 9.17) is 4.74 Å². The summed E-state index contributed by atoms with van der Waals surface area (Å²) < 4.78 is 6.32. The van der Waals surface area contributed by atoms with Crippen molar-refractivity contribution in [1.29, 1.82) is 0 Å². The van der Waals surface area contributed by atoms with Crippen molar-refractivity contribution in [3.8, 4) is 11.5 Å². The summed E-state index contributed by atoms with van der Waals surface area (Å²) in [4.78, 5) is 0. The molecule has 1 aromatic rings. The molecule has 0 saturated heterocycles. The number of hydrogen-bond acceptors (Lipinski definition) is 2. The SMILES string of the molecule is CCCCCc1cc(O)cc(OC(C)(C)C2CC=C(C)CC2)c1. The van der Waals surface area contributed by atoms with Crippen LogP contribution in [0.4, 0.5) is 0 Å². The Hall–Kier alpha value is -1.44. The Morgan fingerprint density at radius 1 is 1.22 bits per heavy atom. The molecule has 1 aliphatic rings. The molecule has 0 fully saturated rings. The Bertz CT molecular complexity index is 543. The van der Waals surface area contributed by atoms with Gasteiger partial charge in [0.2, 0.25) is 0 Å². The van der Waals surface area contributed by atoms with Gasteiger partial charge in [0.15, 0.2) is 0 Å². The van der Waals surface area contributed by atoms with Gasteiger partial charge in [-0.15, -0.1) is 0 Å². The van der Waals surface area contributed by atoms with Crippen molar-refractivity contribution in [2.45, 2.75) is 78.2 Å². The standard InChI is InChI=1S/C21H32O2/c1-5-6-7-8-17-13-19(22)15-20(14-17)23-21(3,4)18-11-9-16(2)10-12-18/h9,13-15,18,22H,5-8,10-12H2,1-4H3. The lowest BCUT2D eigenvalue weighted by Crippen LogP contribution is -2.38. The van der Waals surface area contributed by atoms with Crippen LogP contribution in [0.5, 0.6) is 11.5 Å². The molecular weight excluding hydrogens is 284 g/mol. The third-order valence-corrected chi connectivity index (χ3v) is 5.02. The van der Waals surface area contributed by atoms with Gasteiger partial charge in [-0.25, -0.2) is 0 Å². The van der Waals surface area contributed by atoms with Crippen LogP contribution in [0.25, 0.3) is 0 Å². The molecule has 2 heteroatoms. The molecule has 0 radical (unpaired) electrons. The zero-order valence-electron chi connectivity index (χ0n) is 15.2. The van der Waals surface area contributed by atoms with E-state index in [1.807, 2.05) is 6.07 Å². The maximum absolute atomic E-state index is 10.0. The first-order valence-electron chi connectivity index (χ1n) is 9.08. The molecule has 128 valence electrons. The highest BCUT2D eigenvalue weighted by Gasteiger charge is 2.32. The van der Waals surface area contributed by atoms with Crippen molar-refractivity contribution in [3.63, 3.8) is 0 Å². The van der Waals surface area contributed by atoms with Gasteiger partial charge in [-0.1, -0.05) is 31.4 Å². The highest BCUT2D eigenvalue weighted by molar-refractivity contribution is 5.38. The van der Waals surface area contributed by atoms with Crippen LogP contribution >= 0.6 is 0 Å². The second-order valence-electron chi connectivity index (χ2n) is 7.52. The smallest absolute Gasteiger partial charge is 0.124 e. The number of phenolic OH excluding ortho intramolecular Hbond substituents is 1. The Labute approximate surface area is 141 Å². The molecule has 23 heavy (non-hydrogen) atoms. The van der Waals surface area contributed by atoms with Crippen molar-refractivity contribution >= 4 is 0 Å². The molecule has 0 spiro atoms. The molecule has 0 bridgehead atoms. The first kappa shape index (κ1) is 17.9. The third-order valence-electron chi connectivity index (χ3n) is 5.02. The van der Waals surface area contributed by atoms with Gasteiger partial charge in [0.25, 0.3) is 0 Å². The monoisotopic (exact) mass is 316 g/mol. The lowest BCUT2D eigenvalue weighted by atomic mass is 9.79. The number of hydrogen-bond donors (Lipinski definition) is 1. The number of aromatic hydroxyl groups is 1. The zero-order valence-corrected chi connectivity index (χ0v) is 15.2. The molecule has 0 aliphatic heterocycles. The summed E-state index contributed by atoms with van der Waals surface area (Å²) in [5.41, 5.74) is 2.45. The summed E-state index contributed by atoms with van der Waals surface area (Å²) in [5, 5.41) is 10.0. The number of unbranched alkanes of at least 4 members (excludes halogenated alkanes) is 2. The third kappa shape index (κ3) is 5.30. The highest BCUT2D eigenvalue weighted by Crippen LogP contribution is 2.36. The molecule has 0 saturated carbocycles. The highest BCUT2D eigenvalue weighted by atomic mass is 16.5. The molecule has 2 nitrogen and oxygen atoms in total. The van der Waals surface area contributed by atoms with Crippen molar-refractivity contribution in [3.05, 3.63) is 35.4 Å². The van der Waals surface area contributed by atoms with E-state index in [0.717, 1.165) is 25.0 Å². The number of benzene rings is 1. The van der Waals surface area contributed by atoms with Gasteiger partial charge in [0, 0.05) is 12.0 Å². The number of ether oxygens (including phenoxy) is 1. The average Bonchev–Trinajstić information content (AvgIpc) is 2.47. The normalized spacial score (nSPS) is 18.6. The number of phenols is 1. The molecule has 1 aromatic carbocycles. The van der Waals surface area contributed by atoms with Gasteiger partial charge >= 0.3 is 0 Å². The van der Waals surface area contributed by atoms with E-state index >= 15 is 0 Å². The fourth-order valence-electron chi connectivity index (χ4n) is 3.41. The Kier molecular flexibility index (Phi) is 6.15. The average molecular weight is 316 g/mol. The molecular formula is C21H32O2. The summed E-state index contributed by atoms with van der Waals surface area (Å²) in [6, 6.07) is 5.71. The summed E-state index contributed by atoms with van der Waals surface area (Å²) in [6.45, 7) is 8.77. The minimum atomic E-state index is -0.217. The molecule has 1 N–H and O–H groups in total. The van der Waals surface area contributed by atoms with Crippen molar-refractivity contribution in [2.24, 2.45) is 5.92 Å². The van der Waals surface area contributed by atoms with Crippen LogP contribution < -0.4 is 4.74 Å². The van der Waals surface area contributed by atoms with E-state index in [1.165, 1.54) is 36.8 Å². The van der Waals surface area contributed by atoms with Crippen LogP contribution in [-0.4, -0.2) is 10.7 Å². The van der Waals surface area contributed by atoms with E-state index in [2.05, 4.69) is 39.8 Å². The molecule has 0 aromatic heterocycles. The molecule has 1 aliphatic carbocycles. The zero-order chi connectivity index (χ0) is 16.9. The minimum absolute atomic E-state index is 0.217. The largest absolute Gasteiger partial charge is 0.508 e.